The van der Waals surface area contributed by atoms with Gasteiger partial charge >= 0.3 is 0 Å². The van der Waals surface area contributed by atoms with Crippen LogP contribution in [0.5, 0.6) is 0 Å². The highest BCUT2D eigenvalue weighted by atomic mass is 32.1. The monoisotopic (exact) mass is 293 g/mol. The quantitative estimate of drug-likeness (QED) is 0.660. The zero-order valence-corrected chi connectivity index (χ0v) is 13.3. The number of nitrogens with one attached hydrogen (secondary N) is 1. The minimum absolute atomic E-state index is 0.256. The Labute approximate surface area is 126 Å². The Morgan fingerprint density at radius 1 is 1.15 bits per heavy atom. The van der Waals surface area contributed by atoms with Crippen LogP contribution in [0.2, 0.25) is 0 Å². The van der Waals surface area contributed by atoms with E-state index in [4.69, 9.17) is 5.84 Å². The molecule has 2 heterocycles. The van der Waals surface area contributed by atoms with E-state index in [1.54, 1.807) is 0 Å². The van der Waals surface area contributed by atoms with Crippen LogP contribution in [0, 0.1) is 6.92 Å². The molecule has 0 spiro atoms. The molecule has 0 bridgehead atoms. The molecule has 112 valence electrons. The van der Waals surface area contributed by atoms with Crippen LogP contribution < -0.4 is 11.3 Å². The molecule has 2 aliphatic rings. The van der Waals surface area contributed by atoms with Crippen molar-refractivity contribution in [1.82, 2.24) is 10.3 Å². The first-order chi connectivity index (χ1) is 9.76. The summed E-state index contributed by atoms with van der Waals surface area (Å²) in [6.07, 6.45) is 9.37. The zero-order valence-electron chi connectivity index (χ0n) is 12.5. The lowest BCUT2D eigenvalue weighted by Gasteiger charge is -2.48. The average molecular weight is 293 g/mol. The van der Waals surface area contributed by atoms with E-state index in [1.165, 1.54) is 67.8 Å². The number of hydrogen-bond donors (Lipinski definition) is 2. The molecular weight excluding hydrogens is 266 g/mol. The van der Waals surface area contributed by atoms with E-state index >= 15 is 0 Å². The molecule has 3 nitrogen and oxygen atoms in total. The van der Waals surface area contributed by atoms with Gasteiger partial charge in [-0.05, 0) is 57.8 Å². The first-order valence-corrected chi connectivity index (χ1v) is 8.85. The SMILES string of the molecule is Cc1ccc(C(NN)C2(N3CCCCC3)CCCC2)s1. The van der Waals surface area contributed by atoms with Crippen LogP contribution in [0.25, 0.3) is 0 Å². The summed E-state index contributed by atoms with van der Waals surface area (Å²) < 4.78 is 0. The van der Waals surface area contributed by atoms with Crippen LogP contribution in [-0.4, -0.2) is 23.5 Å². The van der Waals surface area contributed by atoms with Gasteiger partial charge in [-0.1, -0.05) is 19.3 Å². The molecule has 1 aromatic heterocycles. The lowest BCUT2D eigenvalue weighted by Crippen LogP contribution is -2.57. The summed E-state index contributed by atoms with van der Waals surface area (Å²) in [6, 6.07) is 4.79. The van der Waals surface area contributed by atoms with Gasteiger partial charge < -0.3 is 0 Å². The largest absolute Gasteiger partial charge is 0.296 e. The van der Waals surface area contributed by atoms with Crippen molar-refractivity contribution < 1.29 is 0 Å². The average Bonchev–Trinajstić information content (AvgIpc) is 3.12. The number of hydrogen-bond acceptors (Lipinski definition) is 4. The van der Waals surface area contributed by atoms with Crippen molar-refractivity contribution in [3.05, 3.63) is 21.9 Å². The predicted molar refractivity (Wildman–Crippen MR) is 85.7 cm³/mol. The van der Waals surface area contributed by atoms with Gasteiger partial charge in [-0.3, -0.25) is 16.2 Å². The fourth-order valence-corrected chi connectivity index (χ4v) is 5.27. The van der Waals surface area contributed by atoms with Crippen molar-refractivity contribution in [3.8, 4) is 0 Å². The second-order valence-electron chi connectivity index (χ2n) is 6.41. The van der Waals surface area contributed by atoms with Gasteiger partial charge in [0, 0.05) is 15.3 Å². The highest BCUT2D eigenvalue weighted by molar-refractivity contribution is 7.12. The Balaban J connectivity index is 1.91. The second-order valence-corrected chi connectivity index (χ2v) is 7.73. The highest BCUT2D eigenvalue weighted by Crippen LogP contribution is 2.46. The molecule has 0 radical (unpaired) electrons. The topological polar surface area (TPSA) is 41.3 Å². The minimum Gasteiger partial charge on any atom is -0.296 e. The van der Waals surface area contributed by atoms with Crippen molar-refractivity contribution in [1.29, 1.82) is 0 Å². The molecular formula is C16H27N3S. The lowest BCUT2D eigenvalue weighted by atomic mass is 9.84. The molecule has 1 aliphatic carbocycles. The summed E-state index contributed by atoms with van der Waals surface area (Å²) in [4.78, 5) is 5.55. The molecule has 3 N–H and O–H groups in total. The molecule has 1 saturated carbocycles. The number of nitrogens with zero attached hydrogens (tertiary/aromatic N) is 1. The van der Waals surface area contributed by atoms with Gasteiger partial charge in [0.25, 0.3) is 0 Å². The maximum atomic E-state index is 6.02. The van der Waals surface area contributed by atoms with Crippen molar-refractivity contribution in [3.63, 3.8) is 0 Å². The third kappa shape index (κ3) is 2.54. The molecule has 1 aliphatic heterocycles. The maximum Gasteiger partial charge on any atom is 0.0736 e. The van der Waals surface area contributed by atoms with E-state index in [0.717, 1.165) is 0 Å². The fraction of sp³-hybridized carbons (Fsp3) is 0.750. The maximum absolute atomic E-state index is 6.02. The van der Waals surface area contributed by atoms with Crippen molar-refractivity contribution >= 4 is 11.3 Å². The summed E-state index contributed by atoms with van der Waals surface area (Å²) in [5, 5.41) is 0. The number of thiophene rings is 1. The smallest absolute Gasteiger partial charge is 0.0736 e. The Bertz CT molecular complexity index is 431. The molecule has 1 aromatic rings. The Hall–Kier alpha value is -0.420. The summed E-state index contributed by atoms with van der Waals surface area (Å²) in [5.41, 5.74) is 3.44. The summed E-state index contributed by atoms with van der Waals surface area (Å²) in [5.74, 6) is 6.02. The van der Waals surface area contributed by atoms with Crippen LogP contribution in [0.3, 0.4) is 0 Å². The molecule has 0 amide bonds. The van der Waals surface area contributed by atoms with Crippen LogP contribution in [0.4, 0.5) is 0 Å². The first-order valence-electron chi connectivity index (χ1n) is 8.04. The van der Waals surface area contributed by atoms with Crippen LogP contribution in [0.1, 0.15) is 60.7 Å². The normalized spacial score (nSPS) is 24.9. The summed E-state index contributed by atoms with van der Waals surface area (Å²) in [7, 11) is 0. The van der Waals surface area contributed by atoms with Gasteiger partial charge in [0.05, 0.1) is 6.04 Å². The van der Waals surface area contributed by atoms with Gasteiger partial charge in [0.15, 0.2) is 0 Å². The third-order valence-electron chi connectivity index (χ3n) is 5.20. The molecule has 1 saturated heterocycles. The van der Waals surface area contributed by atoms with E-state index in [-0.39, 0.29) is 5.54 Å². The first kappa shape index (κ1) is 14.5. The van der Waals surface area contributed by atoms with E-state index in [2.05, 4.69) is 29.4 Å². The van der Waals surface area contributed by atoms with E-state index in [0.29, 0.717) is 6.04 Å². The molecule has 20 heavy (non-hydrogen) atoms. The van der Waals surface area contributed by atoms with E-state index in [9.17, 15) is 0 Å². The van der Waals surface area contributed by atoms with Crippen molar-refractivity contribution in [2.75, 3.05) is 13.1 Å². The van der Waals surface area contributed by atoms with E-state index in [1.807, 2.05) is 11.3 Å². The Morgan fingerprint density at radius 3 is 2.40 bits per heavy atom. The minimum atomic E-state index is 0.256. The standard InChI is InChI=1S/C16H27N3S/c1-13-7-8-14(20-13)15(18-17)16(9-3-4-10-16)19-11-5-2-6-12-19/h7-8,15,18H,2-6,9-12,17H2,1H3. The molecule has 1 atom stereocenters. The number of rotatable bonds is 4. The number of likely N-dealkylation sites (tertiary alicyclic amines) is 1. The molecule has 2 fully saturated rings. The van der Waals surface area contributed by atoms with Gasteiger partial charge in [0.2, 0.25) is 0 Å². The zero-order chi connectivity index (χ0) is 14.0. The molecule has 0 aromatic carbocycles. The van der Waals surface area contributed by atoms with Crippen LogP contribution >= 0.6 is 11.3 Å². The van der Waals surface area contributed by atoms with Crippen molar-refractivity contribution in [2.45, 2.75) is 63.5 Å². The van der Waals surface area contributed by atoms with Crippen LogP contribution in [-0.2, 0) is 0 Å². The number of hydrazine groups is 1. The third-order valence-corrected chi connectivity index (χ3v) is 6.27. The van der Waals surface area contributed by atoms with Gasteiger partial charge in [-0.25, -0.2) is 0 Å². The fourth-order valence-electron chi connectivity index (χ4n) is 4.22. The predicted octanol–water partition coefficient (Wildman–Crippen LogP) is 3.36. The highest BCUT2D eigenvalue weighted by Gasteiger charge is 2.46. The number of piperidine rings is 1. The van der Waals surface area contributed by atoms with Crippen molar-refractivity contribution in [2.24, 2.45) is 5.84 Å². The van der Waals surface area contributed by atoms with Crippen LogP contribution in [0.15, 0.2) is 12.1 Å². The second kappa shape index (κ2) is 6.14. The Morgan fingerprint density at radius 2 is 1.85 bits per heavy atom. The van der Waals surface area contributed by atoms with E-state index < -0.39 is 0 Å². The lowest BCUT2D eigenvalue weighted by molar-refractivity contribution is 0.0371. The number of nitrogens with two attached hydrogens (primary N) is 1. The Kier molecular flexibility index (Phi) is 4.46. The molecule has 1 unspecified atom stereocenters. The number of aryl methyl sites for hydroxylation is 1. The molecule has 3 rings (SSSR count). The van der Waals surface area contributed by atoms with Gasteiger partial charge in [0.1, 0.15) is 0 Å². The summed E-state index contributed by atoms with van der Waals surface area (Å²) in [6.45, 7) is 4.69. The van der Waals surface area contributed by atoms with Gasteiger partial charge in [-0.2, -0.15) is 0 Å². The van der Waals surface area contributed by atoms with Gasteiger partial charge in [-0.15, -0.1) is 11.3 Å². The molecule has 4 heteroatoms. The summed E-state index contributed by atoms with van der Waals surface area (Å²) >= 11 is 1.90.